The van der Waals surface area contributed by atoms with Gasteiger partial charge in [-0.3, -0.25) is 4.79 Å². The van der Waals surface area contributed by atoms with E-state index in [0.717, 1.165) is 68.7 Å². The summed E-state index contributed by atoms with van der Waals surface area (Å²) in [5.41, 5.74) is 1.38. The van der Waals surface area contributed by atoms with Crippen LogP contribution in [-0.4, -0.2) is 64.7 Å². The van der Waals surface area contributed by atoms with Crippen LogP contribution in [0.4, 0.5) is 13.2 Å². The Balaban J connectivity index is 1.05. The highest BCUT2D eigenvalue weighted by Crippen LogP contribution is 2.59. The van der Waals surface area contributed by atoms with Gasteiger partial charge >= 0.3 is 6.18 Å². The Hall–Kier alpha value is -2.27. The molecule has 0 radical (unpaired) electrons. The van der Waals surface area contributed by atoms with Crippen LogP contribution in [0.1, 0.15) is 67.8 Å². The number of fused-ring (bicyclic) bond motifs is 4. The second-order valence-electron chi connectivity index (χ2n) is 11.3. The smallest absolute Gasteiger partial charge is 0.422 e. The van der Waals surface area contributed by atoms with Crippen LogP contribution >= 0.6 is 11.3 Å². The van der Waals surface area contributed by atoms with Gasteiger partial charge in [0.05, 0.1) is 18.1 Å². The van der Waals surface area contributed by atoms with Crippen molar-refractivity contribution in [3.05, 3.63) is 28.8 Å². The van der Waals surface area contributed by atoms with Crippen molar-refractivity contribution in [2.75, 3.05) is 32.8 Å². The van der Waals surface area contributed by atoms with Crippen LogP contribution in [-0.2, 0) is 17.6 Å². The Morgan fingerprint density at radius 3 is 2.37 bits per heavy atom. The van der Waals surface area contributed by atoms with Crippen molar-refractivity contribution in [1.82, 2.24) is 19.9 Å². The Morgan fingerprint density at radius 2 is 1.68 bits per heavy atom. The van der Waals surface area contributed by atoms with Crippen molar-refractivity contribution in [2.45, 2.75) is 77.3 Å². The molecule has 3 aliphatic carbocycles. The van der Waals surface area contributed by atoms with Crippen LogP contribution in [0, 0.1) is 17.8 Å². The van der Waals surface area contributed by atoms with Gasteiger partial charge in [-0.25, -0.2) is 15.0 Å². The second kappa shape index (κ2) is 11.1. The maximum Gasteiger partial charge on any atom is 0.422 e. The monoisotopic (exact) mass is 552 g/mol. The number of hydrogen-bond donors (Lipinski definition) is 0. The highest BCUT2D eigenvalue weighted by Gasteiger charge is 2.48. The van der Waals surface area contributed by atoms with Gasteiger partial charge in [0.15, 0.2) is 18.1 Å². The number of nitrogens with zero attached hydrogens (tertiary/aromatic N) is 4. The maximum absolute atomic E-state index is 12.7. The van der Waals surface area contributed by atoms with Gasteiger partial charge in [-0.15, -0.1) is 0 Å². The Bertz CT molecular complexity index is 1070. The molecule has 0 saturated heterocycles. The van der Waals surface area contributed by atoms with E-state index in [1.165, 1.54) is 30.6 Å². The van der Waals surface area contributed by atoms with Crippen LogP contribution in [0.5, 0.6) is 10.9 Å². The van der Waals surface area contributed by atoms with Gasteiger partial charge in [0.2, 0.25) is 0 Å². The maximum atomic E-state index is 12.7. The molecule has 11 heteroatoms. The lowest BCUT2D eigenvalue weighted by atomic mass is 9.51. The number of carbonyl (C=O) groups excluding carboxylic acids is 1. The number of carbonyl (C=O) groups is 1. The fourth-order valence-electron chi connectivity index (χ4n) is 6.28. The van der Waals surface area contributed by atoms with Crippen LogP contribution < -0.4 is 9.47 Å². The number of Topliss-reactive ketones (excluding diaryl/α,β-unsaturated/α-hetero) is 1. The number of halogens is 3. The summed E-state index contributed by atoms with van der Waals surface area (Å²) < 4.78 is 47.8. The molecule has 208 valence electrons. The number of aromatic nitrogens is 3. The highest BCUT2D eigenvalue weighted by atomic mass is 32.1. The summed E-state index contributed by atoms with van der Waals surface area (Å²) in [5, 5.41) is 0.127. The average Bonchev–Trinajstić information content (AvgIpc) is 3.19. The first kappa shape index (κ1) is 27.3. The first-order valence-electron chi connectivity index (χ1n) is 13.4. The summed E-state index contributed by atoms with van der Waals surface area (Å²) in [4.78, 5) is 28.8. The zero-order valence-corrected chi connectivity index (χ0v) is 22.6. The third-order valence-corrected chi connectivity index (χ3v) is 9.75. The summed E-state index contributed by atoms with van der Waals surface area (Å²) in [6, 6.07) is 0. The minimum atomic E-state index is -4.35. The fourth-order valence-corrected chi connectivity index (χ4v) is 7.22. The molecule has 38 heavy (non-hydrogen) atoms. The highest BCUT2D eigenvalue weighted by molar-refractivity contribution is 7.13. The summed E-state index contributed by atoms with van der Waals surface area (Å²) in [5.74, 6) is 1.35. The predicted octanol–water partition coefficient (Wildman–Crippen LogP) is 5.35. The van der Waals surface area contributed by atoms with E-state index in [1.54, 1.807) is 12.4 Å². The molecule has 2 aromatic heterocycles. The molecule has 3 heterocycles. The third-order valence-electron chi connectivity index (χ3n) is 8.68. The lowest BCUT2D eigenvalue weighted by molar-refractivity contribution is -0.153. The van der Waals surface area contributed by atoms with Gasteiger partial charge in [0, 0.05) is 30.8 Å². The lowest BCUT2D eigenvalue weighted by Gasteiger charge is -2.54. The van der Waals surface area contributed by atoms with Crippen LogP contribution in [0.15, 0.2) is 12.4 Å². The first-order valence-corrected chi connectivity index (χ1v) is 14.3. The Kier molecular flexibility index (Phi) is 7.96. The number of alkyl halides is 3. The van der Waals surface area contributed by atoms with E-state index in [0.29, 0.717) is 23.4 Å². The van der Waals surface area contributed by atoms with Crippen molar-refractivity contribution < 1.29 is 27.4 Å². The molecule has 2 aromatic rings. The topological polar surface area (TPSA) is 77.4 Å². The minimum absolute atomic E-state index is 0.0740. The van der Waals surface area contributed by atoms with Gasteiger partial charge in [0.1, 0.15) is 12.4 Å². The normalized spacial score (nSPS) is 25.6. The van der Waals surface area contributed by atoms with Crippen molar-refractivity contribution in [2.24, 2.45) is 10.8 Å². The Morgan fingerprint density at radius 1 is 1.03 bits per heavy atom. The molecule has 0 spiro atoms. The zero-order chi connectivity index (χ0) is 26.8. The van der Waals surface area contributed by atoms with Crippen molar-refractivity contribution in [3.8, 4) is 10.9 Å². The predicted molar refractivity (Wildman–Crippen MR) is 137 cm³/mol. The van der Waals surface area contributed by atoms with Gasteiger partial charge < -0.3 is 14.4 Å². The SMILES string of the molecule is Cc1ncc(OCC(=O)CC23CCC(CCN4CCc5nc(OCC(F)(F)F)sc5CC4)(CC2)CC3)cn1. The molecule has 3 saturated carbocycles. The molecule has 0 N–H and O–H groups in total. The van der Waals surface area contributed by atoms with Crippen LogP contribution in [0.25, 0.3) is 0 Å². The summed E-state index contributed by atoms with van der Waals surface area (Å²) in [6.07, 6.45) is 9.01. The van der Waals surface area contributed by atoms with Crippen molar-refractivity contribution in [1.29, 1.82) is 0 Å². The van der Waals surface area contributed by atoms with Gasteiger partial charge in [-0.05, 0) is 75.7 Å². The first-order chi connectivity index (χ1) is 18.1. The van der Waals surface area contributed by atoms with E-state index in [4.69, 9.17) is 9.47 Å². The number of aryl methyl sites for hydroxylation is 1. The molecule has 2 bridgehead atoms. The summed E-state index contributed by atoms with van der Waals surface area (Å²) >= 11 is 1.25. The number of hydrogen-bond acceptors (Lipinski definition) is 8. The zero-order valence-electron chi connectivity index (χ0n) is 21.8. The van der Waals surface area contributed by atoms with E-state index in [2.05, 4.69) is 19.9 Å². The molecular weight excluding hydrogens is 517 g/mol. The van der Waals surface area contributed by atoms with Crippen LogP contribution in [0.3, 0.4) is 0 Å². The molecule has 0 amide bonds. The van der Waals surface area contributed by atoms with Gasteiger partial charge in [-0.2, -0.15) is 13.2 Å². The molecule has 0 unspecified atom stereocenters. The quantitative estimate of drug-likeness (QED) is 0.393. The van der Waals surface area contributed by atoms with E-state index in [1.807, 2.05) is 6.92 Å². The second-order valence-corrected chi connectivity index (χ2v) is 12.4. The fraction of sp³-hybridized carbons (Fsp3) is 0.704. The van der Waals surface area contributed by atoms with E-state index in [-0.39, 0.29) is 23.0 Å². The molecule has 3 fully saturated rings. The van der Waals surface area contributed by atoms with Crippen molar-refractivity contribution in [3.63, 3.8) is 0 Å². The minimum Gasteiger partial charge on any atom is -0.483 e. The number of ketones is 1. The van der Waals surface area contributed by atoms with Gasteiger partial charge in [-0.1, -0.05) is 11.3 Å². The molecule has 0 atom stereocenters. The van der Waals surface area contributed by atoms with E-state index >= 15 is 0 Å². The van der Waals surface area contributed by atoms with Crippen LogP contribution in [0.2, 0.25) is 0 Å². The largest absolute Gasteiger partial charge is 0.483 e. The molecule has 6 rings (SSSR count). The molecule has 1 aliphatic heterocycles. The molecule has 7 nitrogen and oxygen atoms in total. The summed E-state index contributed by atoms with van der Waals surface area (Å²) in [6.45, 7) is 3.39. The molecule has 0 aromatic carbocycles. The summed E-state index contributed by atoms with van der Waals surface area (Å²) in [7, 11) is 0. The third kappa shape index (κ3) is 6.83. The number of rotatable bonds is 10. The average molecular weight is 553 g/mol. The number of ether oxygens (including phenoxy) is 2. The standard InChI is InChI=1S/C27H35F3N4O3S/c1-19-31-15-21(16-32-19)36-17-20(35)14-26-7-4-25(5-8-26,6-9-26)10-13-34-11-2-22-23(3-12-34)38-24(33-22)37-18-27(28,29)30/h15-16H,2-14,17-18H2,1H3. The van der Waals surface area contributed by atoms with E-state index in [9.17, 15) is 18.0 Å². The van der Waals surface area contributed by atoms with E-state index < -0.39 is 12.8 Å². The molecule has 4 aliphatic rings. The van der Waals surface area contributed by atoms with Crippen molar-refractivity contribution >= 4 is 17.1 Å². The lowest BCUT2D eigenvalue weighted by Crippen LogP contribution is -2.44. The van der Waals surface area contributed by atoms with Gasteiger partial charge in [0.25, 0.3) is 5.19 Å². The Labute approximate surface area is 225 Å². The molecular formula is C27H35F3N4O3S. The number of thiazole rings is 1.